The van der Waals surface area contributed by atoms with Crippen molar-refractivity contribution in [2.75, 3.05) is 0 Å². The van der Waals surface area contributed by atoms with Crippen LogP contribution < -0.4 is 5.73 Å². The standard InChI is InChI=1S/C9H10N4O2/c1-6-2-3-7(13(14)15)4-8(6)9(11)12-5-10/h2-5H,1H3,(H3,10,11,12). The van der Waals surface area contributed by atoms with Crippen LogP contribution in [0.3, 0.4) is 0 Å². The Morgan fingerprint density at radius 3 is 2.87 bits per heavy atom. The van der Waals surface area contributed by atoms with Crippen molar-refractivity contribution in [2.45, 2.75) is 6.92 Å². The van der Waals surface area contributed by atoms with Crippen LogP contribution in [0.15, 0.2) is 23.2 Å². The van der Waals surface area contributed by atoms with Gasteiger partial charge in [-0.2, -0.15) is 0 Å². The van der Waals surface area contributed by atoms with Gasteiger partial charge in [-0.3, -0.25) is 15.5 Å². The molecule has 15 heavy (non-hydrogen) atoms. The second kappa shape index (κ2) is 4.32. The Balaban J connectivity index is 3.28. The zero-order valence-electron chi connectivity index (χ0n) is 8.10. The van der Waals surface area contributed by atoms with Crippen LogP contribution in [0.25, 0.3) is 0 Å². The number of nitrogens with two attached hydrogens (primary N) is 1. The molecule has 0 aliphatic heterocycles. The lowest BCUT2D eigenvalue weighted by Crippen LogP contribution is -2.15. The summed E-state index contributed by atoms with van der Waals surface area (Å²) in [5, 5.41) is 17.3. The molecule has 1 aromatic carbocycles. The van der Waals surface area contributed by atoms with Gasteiger partial charge in [-0.05, 0) is 12.5 Å². The number of nitrogens with one attached hydrogen (secondary N) is 1. The van der Waals surface area contributed by atoms with E-state index in [1.807, 2.05) is 0 Å². The number of amidine groups is 1. The fourth-order valence-electron chi connectivity index (χ4n) is 1.14. The average Bonchev–Trinajstić information content (AvgIpc) is 2.18. The van der Waals surface area contributed by atoms with Crippen molar-refractivity contribution in [3.8, 4) is 0 Å². The van der Waals surface area contributed by atoms with E-state index in [0.717, 1.165) is 11.9 Å². The number of nitro groups is 1. The largest absolute Gasteiger partial charge is 0.383 e. The first-order chi connectivity index (χ1) is 7.06. The molecular formula is C9H10N4O2. The van der Waals surface area contributed by atoms with Crippen LogP contribution in [0.1, 0.15) is 11.1 Å². The molecule has 1 aromatic rings. The highest BCUT2D eigenvalue weighted by atomic mass is 16.6. The van der Waals surface area contributed by atoms with Crippen molar-refractivity contribution < 1.29 is 4.92 Å². The van der Waals surface area contributed by atoms with Crippen molar-refractivity contribution >= 4 is 17.9 Å². The monoisotopic (exact) mass is 206 g/mol. The van der Waals surface area contributed by atoms with Crippen LogP contribution in [-0.2, 0) is 0 Å². The van der Waals surface area contributed by atoms with Gasteiger partial charge in [0, 0.05) is 17.7 Å². The minimum absolute atomic E-state index is 0.0428. The van der Waals surface area contributed by atoms with E-state index < -0.39 is 4.92 Å². The van der Waals surface area contributed by atoms with E-state index in [2.05, 4.69) is 4.99 Å². The summed E-state index contributed by atoms with van der Waals surface area (Å²) in [6.07, 6.45) is 0.799. The van der Waals surface area contributed by atoms with Gasteiger partial charge in [-0.15, -0.1) is 0 Å². The van der Waals surface area contributed by atoms with Gasteiger partial charge in [0.2, 0.25) is 0 Å². The van der Waals surface area contributed by atoms with Gasteiger partial charge in [0.05, 0.1) is 4.92 Å². The van der Waals surface area contributed by atoms with Gasteiger partial charge in [0.25, 0.3) is 5.69 Å². The van der Waals surface area contributed by atoms with Crippen LogP contribution in [0.2, 0.25) is 0 Å². The van der Waals surface area contributed by atoms with E-state index in [4.69, 9.17) is 11.1 Å². The maximum atomic E-state index is 10.5. The first-order valence-corrected chi connectivity index (χ1v) is 4.14. The van der Waals surface area contributed by atoms with Gasteiger partial charge >= 0.3 is 0 Å². The van der Waals surface area contributed by atoms with Gasteiger partial charge < -0.3 is 5.73 Å². The van der Waals surface area contributed by atoms with Crippen molar-refractivity contribution in [3.05, 3.63) is 39.4 Å². The molecule has 3 N–H and O–H groups in total. The Kier molecular flexibility index (Phi) is 3.12. The summed E-state index contributed by atoms with van der Waals surface area (Å²) in [5.41, 5.74) is 6.77. The molecule has 0 radical (unpaired) electrons. The molecule has 6 heteroatoms. The Morgan fingerprint density at radius 1 is 1.67 bits per heavy atom. The molecule has 1 rings (SSSR count). The van der Waals surface area contributed by atoms with Crippen LogP contribution in [0.4, 0.5) is 5.69 Å². The highest BCUT2D eigenvalue weighted by Gasteiger charge is 2.10. The van der Waals surface area contributed by atoms with E-state index in [0.29, 0.717) is 5.56 Å². The van der Waals surface area contributed by atoms with Gasteiger partial charge in [0.1, 0.15) is 12.2 Å². The zero-order valence-corrected chi connectivity index (χ0v) is 8.10. The molecule has 6 nitrogen and oxygen atoms in total. The molecule has 0 heterocycles. The predicted octanol–water partition coefficient (Wildman–Crippen LogP) is 1.22. The number of rotatable bonds is 3. The smallest absolute Gasteiger partial charge is 0.270 e. The molecule has 78 valence electrons. The maximum Gasteiger partial charge on any atom is 0.270 e. The maximum absolute atomic E-state index is 10.5. The molecule has 0 spiro atoms. The zero-order chi connectivity index (χ0) is 11.4. The Hall–Kier alpha value is -2.24. The minimum atomic E-state index is -0.499. The molecule has 0 fully saturated rings. The Morgan fingerprint density at radius 2 is 2.33 bits per heavy atom. The van der Waals surface area contributed by atoms with E-state index in [9.17, 15) is 10.1 Å². The lowest BCUT2D eigenvalue weighted by molar-refractivity contribution is -0.384. The number of nitro benzene ring substituents is 1. The summed E-state index contributed by atoms with van der Waals surface area (Å²) in [4.78, 5) is 13.6. The lowest BCUT2D eigenvalue weighted by Gasteiger charge is -2.03. The molecule has 0 amide bonds. The number of aryl methyl sites for hydroxylation is 1. The van der Waals surface area contributed by atoms with Crippen molar-refractivity contribution in [1.29, 1.82) is 5.41 Å². The molecule has 0 saturated carbocycles. The second-order valence-electron chi connectivity index (χ2n) is 2.90. The number of non-ortho nitro benzene ring substituents is 1. The fraction of sp³-hybridized carbons (Fsp3) is 0.111. The minimum Gasteiger partial charge on any atom is -0.383 e. The van der Waals surface area contributed by atoms with E-state index in [1.165, 1.54) is 12.1 Å². The summed E-state index contributed by atoms with van der Waals surface area (Å²) in [6, 6.07) is 4.34. The summed E-state index contributed by atoms with van der Waals surface area (Å²) in [5.74, 6) is 0.103. The molecule has 0 aromatic heterocycles. The predicted molar refractivity (Wildman–Crippen MR) is 57.3 cm³/mol. The molecule has 0 unspecified atom stereocenters. The Labute approximate surface area is 86.1 Å². The van der Waals surface area contributed by atoms with E-state index in [1.54, 1.807) is 13.0 Å². The van der Waals surface area contributed by atoms with Crippen LogP contribution in [0, 0.1) is 22.4 Å². The molecule has 0 aliphatic rings. The van der Waals surface area contributed by atoms with E-state index in [-0.39, 0.29) is 11.5 Å². The molecule has 0 bridgehead atoms. The number of aliphatic imine (C=N–C) groups is 1. The van der Waals surface area contributed by atoms with Gasteiger partial charge in [-0.1, -0.05) is 6.07 Å². The number of hydrogen-bond donors (Lipinski definition) is 2. The van der Waals surface area contributed by atoms with E-state index >= 15 is 0 Å². The third-order valence-corrected chi connectivity index (χ3v) is 1.91. The molecule has 0 aliphatic carbocycles. The molecular weight excluding hydrogens is 196 g/mol. The summed E-state index contributed by atoms with van der Waals surface area (Å²) in [7, 11) is 0. The number of hydrogen-bond acceptors (Lipinski definition) is 3. The van der Waals surface area contributed by atoms with Gasteiger partial charge in [0.15, 0.2) is 0 Å². The van der Waals surface area contributed by atoms with Gasteiger partial charge in [-0.25, -0.2) is 4.99 Å². The van der Waals surface area contributed by atoms with Crippen LogP contribution in [0.5, 0.6) is 0 Å². The number of nitrogens with zero attached hydrogens (tertiary/aromatic N) is 2. The summed E-state index contributed by atoms with van der Waals surface area (Å²) in [6.45, 7) is 1.77. The third-order valence-electron chi connectivity index (χ3n) is 1.91. The average molecular weight is 206 g/mol. The topological polar surface area (TPSA) is 105 Å². The first kappa shape index (κ1) is 10.8. The quantitative estimate of drug-likeness (QED) is 0.336. The summed E-state index contributed by atoms with van der Waals surface area (Å²) >= 11 is 0. The fourth-order valence-corrected chi connectivity index (χ4v) is 1.14. The summed E-state index contributed by atoms with van der Waals surface area (Å²) < 4.78 is 0. The molecule has 0 saturated heterocycles. The normalized spacial score (nSPS) is 11.1. The third kappa shape index (κ3) is 2.37. The first-order valence-electron chi connectivity index (χ1n) is 4.14. The Bertz CT molecular complexity index is 440. The second-order valence-corrected chi connectivity index (χ2v) is 2.90. The van der Waals surface area contributed by atoms with Crippen molar-refractivity contribution in [2.24, 2.45) is 10.7 Å². The SMILES string of the molecule is Cc1ccc([N+](=O)[O-])cc1C(N)=NC=N. The highest BCUT2D eigenvalue weighted by Crippen LogP contribution is 2.16. The molecule has 0 atom stereocenters. The lowest BCUT2D eigenvalue weighted by atomic mass is 10.1. The van der Waals surface area contributed by atoms with Crippen LogP contribution >= 0.6 is 0 Å². The van der Waals surface area contributed by atoms with Crippen molar-refractivity contribution in [1.82, 2.24) is 0 Å². The van der Waals surface area contributed by atoms with Crippen LogP contribution in [-0.4, -0.2) is 17.1 Å². The van der Waals surface area contributed by atoms with Crippen molar-refractivity contribution in [3.63, 3.8) is 0 Å². The number of benzene rings is 1. The highest BCUT2D eigenvalue weighted by molar-refractivity contribution is 6.02.